The number of pyridine rings is 1. The average Bonchev–Trinajstić information content (AvgIpc) is 2.04. The Morgan fingerprint density at radius 2 is 2.50 bits per heavy atom. The fraction of sp³-hybridized carbons (Fsp3) is 0.167. The van der Waals surface area contributed by atoms with Crippen LogP contribution in [0.2, 0.25) is 0 Å². The van der Waals surface area contributed by atoms with Crippen molar-refractivity contribution in [3.05, 3.63) is 18.5 Å². The topological polar surface area (TPSA) is 61.1 Å². The van der Waals surface area contributed by atoms with Crippen molar-refractivity contribution in [3.63, 3.8) is 0 Å². The van der Waals surface area contributed by atoms with Gasteiger partial charge in [-0.25, -0.2) is 5.53 Å². The van der Waals surface area contributed by atoms with Gasteiger partial charge in [0.2, 0.25) is 0 Å². The maximum absolute atomic E-state index is 6.73. The van der Waals surface area contributed by atoms with Crippen molar-refractivity contribution < 1.29 is 0 Å². The monoisotopic (exact) mass is 136 g/mol. The Hall–Kier alpha value is -1.45. The Balaban J connectivity index is 3.08. The van der Waals surface area contributed by atoms with Crippen LogP contribution in [0, 0.1) is 5.53 Å². The van der Waals surface area contributed by atoms with Crippen LogP contribution in [0.4, 0.5) is 11.4 Å². The molecule has 0 radical (unpaired) electrons. The SMILES string of the molecule is CNc1ccncc1N=N. The van der Waals surface area contributed by atoms with E-state index in [4.69, 9.17) is 5.53 Å². The second-order valence-electron chi connectivity index (χ2n) is 1.75. The van der Waals surface area contributed by atoms with Crippen LogP contribution in [0.15, 0.2) is 23.6 Å². The predicted molar refractivity (Wildman–Crippen MR) is 38.6 cm³/mol. The second-order valence-corrected chi connectivity index (χ2v) is 1.75. The average molecular weight is 136 g/mol. The predicted octanol–water partition coefficient (Wildman–Crippen LogP) is 1.79. The van der Waals surface area contributed by atoms with Gasteiger partial charge in [0.15, 0.2) is 0 Å². The maximum Gasteiger partial charge on any atom is 0.126 e. The van der Waals surface area contributed by atoms with E-state index in [0.29, 0.717) is 5.69 Å². The molecular formula is C6H8N4. The Kier molecular flexibility index (Phi) is 1.94. The van der Waals surface area contributed by atoms with Crippen LogP contribution in [0.1, 0.15) is 0 Å². The van der Waals surface area contributed by atoms with Crippen molar-refractivity contribution in [2.45, 2.75) is 0 Å². The van der Waals surface area contributed by atoms with Crippen molar-refractivity contribution >= 4 is 11.4 Å². The van der Waals surface area contributed by atoms with Crippen LogP contribution in [-0.4, -0.2) is 12.0 Å². The van der Waals surface area contributed by atoms with Gasteiger partial charge in [-0.1, -0.05) is 0 Å². The summed E-state index contributed by atoms with van der Waals surface area (Å²) in [7, 11) is 1.78. The largest absolute Gasteiger partial charge is 0.386 e. The summed E-state index contributed by atoms with van der Waals surface area (Å²) < 4.78 is 0. The molecule has 4 nitrogen and oxygen atoms in total. The molecule has 1 aromatic rings. The molecule has 0 aliphatic heterocycles. The molecule has 0 amide bonds. The molecule has 0 fully saturated rings. The van der Waals surface area contributed by atoms with Crippen LogP contribution >= 0.6 is 0 Å². The van der Waals surface area contributed by atoms with Gasteiger partial charge < -0.3 is 5.32 Å². The summed E-state index contributed by atoms with van der Waals surface area (Å²) in [6.45, 7) is 0. The molecular weight excluding hydrogens is 128 g/mol. The number of anilines is 1. The Labute approximate surface area is 58.8 Å². The first kappa shape index (κ1) is 6.67. The summed E-state index contributed by atoms with van der Waals surface area (Å²) in [5, 5.41) is 6.16. The van der Waals surface area contributed by atoms with Gasteiger partial charge in [-0.2, -0.15) is 5.11 Å². The number of nitrogens with zero attached hydrogens (tertiary/aromatic N) is 2. The zero-order valence-electron chi connectivity index (χ0n) is 5.63. The Morgan fingerprint density at radius 3 is 3.00 bits per heavy atom. The molecule has 0 unspecified atom stereocenters. The number of nitrogens with one attached hydrogen (secondary N) is 2. The number of hydrogen-bond acceptors (Lipinski definition) is 4. The van der Waals surface area contributed by atoms with Crippen molar-refractivity contribution in [3.8, 4) is 0 Å². The number of rotatable bonds is 2. The molecule has 2 N–H and O–H groups in total. The zero-order valence-corrected chi connectivity index (χ0v) is 5.63. The van der Waals surface area contributed by atoms with Crippen molar-refractivity contribution in [2.75, 3.05) is 12.4 Å². The number of aromatic nitrogens is 1. The molecule has 1 rings (SSSR count). The lowest BCUT2D eigenvalue weighted by Gasteiger charge is -1.99. The number of hydrogen-bond donors (Lipinski definition) is 2. The minimum absolute atomic E-state index is 0.560. The van der Waals surface area contributed by atoms with Gasteiger partial charge in [-0.05, 0) is 6.07 Å². The highest BCUT2D eigenvalue weighted by Gasteiger charge is 1.95. The lowest BCUT2D eigenvalue weighted by molar-refractivity contribution is 1.13. The van der Waals surface area contributed by atoms with Crippen LogP contribution in [0.5, 0.6) is 0 Å². The fourth-order valence-corrected chi connectivity index (χ4v) is 0.687. The van der Waals surface area contributed by atoms with Crippen molar-refractivity contribution in [1.29, 1.82) is 5.53 Å². The summed E-state index contributed by atoms with van der Waals surface area (Å²) in [4.78, 5) is 3.81. The first-order chi connectivity index (χ1) is 4.88. The summed E-state index contributed by atoms with van der Waals surface area (Å²) in [6, 6.07) is 1.77. The quantitative estimate of drug-likeness (QED) is 0.609. The van der Waals surface area contributed by atoms with Crippen LogP contribution in [0.25, 0.3) is 0 Å². The fourth-order valence-electron chi connectivity index (χ4n) is 0.687. The summed E-state index contributed by atoms with van der Waals surface area (Å²) in [5.74, 6) is 0. The third-order valence-electron chi connectivity index (χ3n) is 1.19. The lowest BCUT2D eigenvalue weighted by Crippen LogP contribution is -1.87. The van der Waals surface area contributed by atoms with E-state index in [1.165, 1.54) is 0 Å². The van der Waals surface area contributed by atoms with Gasteiger partial charge in [0.25, 0.3) is 0 Å². The van der Waals surface area contributed by atoms with Crippen molar-refractivity contribution in [1.82, 2.24) is 4.98 Å². The normalized spacial score (nSPS) is 8.90. The third-order valence-corrected chi connectivity index (χ3v) is 1.19. The first-order valence-electron chi connectivity index (χ1n) is 2.87. The molecule has 10 heavy (non-hydrogen) atoms. The van der Waals surface area contributed by atoms with Gasteiger partial charge >= 0.3 is 0 Å². The van der Waals surface area contributed by atoms with Gasteiger partial charge in [-0.15, -0.1) is 0 Å². The Bertz CT molecular complexity index is 233. The van der Waals surface area contributed by atoms with E-state index in [1.54, 1.807) is 25.5 Å². The Morgan fingerprint density at radius 1 is 1.70 bits per heavy atom. The van der Waals surface area contributed by atoms with Crippen LogP contribution < -0.4 is 5.32 Å². The first-order valence-corrected chi connectivity index (χ1v) is 2.87. The highest BCUT2D eigenvalue weighted by Crippen LogP contribution is 2.20. The lowest BCUT2D eigenvalue weighted by atomic mass is 10.3. The van der Waals surface area contributed by atoms with E-state index in [0.717, 1.165) is 5.69 Å². The molecule has 1 heterocycles. The van der Waals surface area contributed by atoms with Crippen LogP contribution in [-0.2, 0) is 0 Å². The molecule has 0 aliphatic rings. The third kappa shape index (κ3) is 1.10. The summed E-state index contributed by atoms with van der Waals surface area (Å²) >= 11 is 0. The smallest absolute Gasteiger partial charge is 0.126 e. The van der Waals surface area contributed by atoms with Gasteiger partial charge in [0.1, 0.15) is 5.69 Å². The maximum atomic E-state index is 6.73. The molecule has 52 valence electrons. The molecule has 0 spiro atoms. The summed E-state index contributed by atoms with van der Waals surface area (Å²) in [5.41, 5.74) is 8.12. The van der Waals surface area contributed by atoms with E-state index in [9.17, 15) is 0 Å². The summed E-state index contributed by atoms with van der Waals surface area (Å²) in [6.07, 6.45) is 3.19. The van der Waals surface area contributed by atoms with Crippen LogP contribution in [0.3, 0.4) is 0 Å². The molecule has 0 aromatic carbocycles. The minimum atomic E-state index is 0.560. The second kappa shape index (κ2) is 2.91. The van der Waals surface area contributed by atoms with Gasteiger partial charge in [0.05, 0.1) is 11.9 Å². The van der Waals surface area contributed by atoms with Gasteiger partial charge in [0, 0.05) is 13.2 Å². The highest BCUT2D eigenvalue weighted by molar-refractivity contribution is 5.62. The molecule has 0 atom stereocenters. The van der Waals surface area contributed by atoms with E-state index in [2.05, 4.69) is 15.4 Å². The molecule has 0 bridgehead atoms. The highest BCUT2D eigenvalue weighted by atomic mass is 15.0. The van der Waals surface area contributed by atoms with E-state index >= 15 is 0 Å². The zero-order chi connectivity index (χ0) is 7.40. The van der Waals surface area contributed by atoms with E-state index in [1.807, 2.05) is 0 Å². The van der Waals surface area contributed by atoms with Gasteiger partial charge in [-0.3, -0.25) is 4.98 Å². The molecule has 0 saturated heterocycles. The van der Waals surface area contributed by atoms with Crippen molar-refractivity contribution in [2.24, 2.45) is 5.11 Å². The molecule has 0 saturated carbocycles. The molecule has 0 aliphatic carbocycles. The molecule has 4 heteroatoms. The minimum Gasteiger partial charge on any atom is -0.386 e. The van der Waals surface area contributed by atoms with E-state index < -0.39 is 0 Å². The molecule has 1 aromatic heterocycles. The standard InChI is InChI=1S/C6H8N4/c1-8-5-2-3-9-4-6(5)10-7/h2-4,7H,1H3,(H,8,9). The van der Waals surface area contributed by atoms with E-state index in [-0.39, 0.29) is 0 Å².